The molecule has 0 radical (unpaired) electrons. The molecule has 10 heteroatoms. The predicted molar refractivity (Wildman–Crippen MR) is 101 cm³/mol. The first-order valence-electron chi connectivity index (χ1n) is 7.92. The van der Waals surface area contributed by atoms with Crippen molar-refractivity contribution in [3.05, 3.63) is 53.6 Å². The van der Waals surface area contributed by atoms with Crippen LogP contribution in [0.15, 0.2) is 53.6 Å². The number of allylic oxidation sites excluding steroid dienone is 2. The standard InChI is InChI=1S/C16H25NO7P2/c1-14(11-12-23-26(21,22)24-25(18,19)20)7-6-8-15(2)13-17-16-9-4-3-5-10-16/h3-5,8-11,17H,6-7,12-13H2,1-2H3,(H,21,22)(H2,18,19,20)/b14-11+,15-8+. The van der Waals surface area contributed by atoms with Crippen molar-refractivity contribution in [2.24, 2.45) is 0 Å². The average Bonchev–Trinajstić information content (AvgIpc) is 2.51. The van der Waals surface area contributed by atoms with Gasteiger partial charge in [0.05, 0.1) is 6.61 Å². The van der Waals surface area contributed by atoms with Crippen molar-refractivity contribution in [2.75, 3.05) is 18.5 Å². The minimum absolute atomic E-state index is 0.280. The Kier molecular flexibility index (Phi) is 9.47. The highest BCUT2D eigenvalue weighted by atomic mass is 31.3. The second-order valence-corrected chi connectivity index (χ2v) is 8.53. The van der Waals surface area contributed by atoms with E-state index in [-0.39, 0.29) is 6.61 Å². The summed E-state index contributed by atoms with van der Waals surface area (Å²) in [7, 11) is -9.86. The number of nitrogens with one attached hydrogen (secondary N) is 1. The topological polar surface area (TPSA) is 125 Å². The molecule has 8 nitrogen and oxygen atoms in total. The summed E-state index contributed by atoms with van der Waals surface area (Å²) in [5, 5.41) is 3.31. The van der Waals surface area contributed by atoms with Crippen molar-refractivity contribution >= 4 is 21.3 Å². The molecule has 0 bridgehead atoms. The Morgan fingerprint density at radius 2 is 1.73 bits per heavy atom. The Labute approximate surface area is 153 Å². The lowest BCUT2D eigenvalue weighted by atomic mass is 10.1. The second-order valence-electron chi connectivity index (χ2n) is 5.70. The molecule has 1 aromatic carbocycles. The molecule has 1 aromatic rings. The van der Waals surface area contributed by atoms with Gasteiger partial charge in [-0.25, -0.2) is 9.13 Å². The quantitative estimate of drug-likeness (QED) is 0.322. The first-order valence-corrected chi connectivity index (χ1v) is 10.9. The number of rotatable bonds is 11. The number of benzene rings is 1. The molecule has 0 saturated heterocycles. The molecule has 26 heavy (non-hydrogen) atoms. The van der Waals surface area contributed by atoms with Crippen LogP contribution in [0.25, 0.3) is 0 Å². The molecule has 146 valence electrons. The van der Waals surface area contributed by atoms with Gasteiger partial charge in [-0.05, 0) is 38.8 Å². The van der Waals surface area contributed by atoms with Crippen molar-refractivity contribution in [1.82, 2.24) is 0 Å². The third-order valence-corrected chi connectivity index (χ3v) is 5.41. The van der Waals surface area contributed by atoms with Gasteiger partial charge < -0.3 is 20.0 Å². The van der Waals surface area contributed by atoms with Gasteiger partial charge in [0.25, 0.3) is 0 Å². The van der Waals surface area contributed by atoms with Crippen molar-refractivity contribution in [1.29, 1.82) is 0 Å². The number of anilines is 1. The Balaban J connectivity index is 2.31. The number of hydrogen-bond acceptors (Lipinski definition) is 5. The molecule has 0 saturated carbocycles. The maximum absolute atomic E-state index is 11.3. The molecule has 0 spiro atoms. The monoisotopic (exact) mass is 405 g/mol. The summed E-state index contributed by atoms with van der Waals surface area (Å²) >= 11 is 0. The van der Waals surface area contributed by atoms with Crippen LogP contribution in [0.5, 0.6) is 0 Å². The first-order chi connectivity index (χ1) is 12.1. The molecule has 4 N–H and O–H groups in total. The highest BCUT2D eigenvalue weighted by molar-refractivity contribution is 7.60. The van der Waals surface area contributed by atoms with Gasteiger partial charge in [-0.2, -0.15) is 4.31 Å². The Bertz CT molecular complexity index is 713. The fraction of sp³-hybridized carbons (Fsp3) is 0.375. The lowest BCUT2D eigenvalue weighted by molar-refractivity contribution is 0.191. The first kappa shape index (κ1) is 22.8. The summed E-state index contributed by atoms with van der Waals surface area (Å²) in [5.41, 5.74) is 3.16. The summed E-state index contributed by atoms with van der Waals surface area (Å²) in [4.78, 5) is 26.1. The summed E-state index contributed by atoms with van der Waals surface area (Å²) in [6.07, 6.45) is 5.18. The molecular weight excluding hydrogens is 380 g/mol. The maximum atomic E-state index is 11.3. The van der Waals surface area contributed by atoms with Crippen molar-refractivity contribution in [3.8, 4) is 0 Å². The van der Waals surface area contributed by atoms with E-state index in [1.165, 1.54) is 5.57 Å². The molecule has 0 aliphatic carbocycles. The predicted octanol–water partition coefficient (Wildman–Crippen LogP) is 4.00. The normalized spacial score (nSPS) is 15.6. The average molecular weight is 405 g/mol. The van der Waals surface area contributed by atoms with Crippen LogP contribution < -0.4 is 5.32 Å². The molecule has 0 heterocycles. The van der Waals surface area contributed by atoms with Crippen LogP contribution in [-0.4, -0.2) is 27.8 Å². The second kappa shape index (κ2) is 10.8. The van der Waals surface area contributed by atoms with Gasteiger partial charge in [0, 0.05) is 12.2 Å². The largest absolute Gasteiger partial charge is 0.481 e. The maximum Gasteiger partial charge on any atom is 0.481 e. The van der Waals surface area contributed by atoms with E-state index in [4.69, 9.17) is 14.7 Å². The Morgan fingerprint density at radius 3 is 2.35 bits per heavy atom. The Morgan fingerprint density at radius 1 is 1.08 bits per heavy atom. The smallest absolute Gasteiger partial charge is 0.381 e. The molecule has 0 aliphatic rings. The molecule has 1 rings (SSSR count). The van der Waals surface area contributed by atoms with E-state index in [0.717, 1.165) is 30.6 Å². The summed E-state index contributed by atoms with van der Waals surface area (Å²) in [5.74, 6) is 0. The van der Waals surface area contributed by atoms with Gasteiger partial charge in [-0.1, -0.05) is 41.5 Å². The number of hydrogen-bond donors (Lipinski definition) is 4. The van der Waals surface area contributed by atoms with Gasteiger partial charge in [-0.3, -0.25) is 4.52 Å². The van der Waals surface area contributed by atoms with Crippen LogP contribution >= 0.6 is 15.6 Å². The van der Waals surface area contributed by atoms with E-state index in [2.05, 4.69) is 20.2 Å². The van der Waals surface area contributed by atoms with Crippen LogP contribution in [0.4, 0.5) is 5.69 Å². The molecule has 0 amide bonds. The van der Waals surface area contributed by atoms with Crippen molar-refractivity contribution in [2.45, 2.75) is 26.7 Å². The van der Waals surface area contributed by atoms with Gasteiger partial charge in [0.15, 0.2) is 0 Å². The summed E-state index contributed by atoms with van der Waals surface area (Å²) < 4.78 is 30.0. The molecule has 0 aliphatic heterocycles. The van der Waals surface area contributed by atoms with E-state index in [1.54, 1.807) is 6.08 Å². The van der Waals surface area contributed by atoms with E-state index < -0.39 is 15.6 Å². The lowest BCUT2D eigenvalue weighted by Crippen LogP contribution is -2.02. The third kappa shape index (κ3) is 11.4. The van der Waals surface area contributed by atoms with Crippen LogP contribution in [0.1, 0.15) is 26.7 Å². The van der Waals surface area contributed by atoms with Gasteiger partial charge in [-0.15, -0.1) is 0 Å². The van der Waals surface area contributed by atoms with Crippen LogP contribution in [0, 0.1) is 0 Å². The van der Waals surface area contributed by atoms with Crippen molar-refractivity contribution < 1.29 is 32.6 Å². The number of phosphoric ester groups is 1. The zero-order valence-corrected chi connectivity index (χ0v) is 16.5. The van der Waals surface area contributed by atoms with E-state index in [9.17, 15) is 9.13 Å². The third-order valence-electron chi connectivity index (χ3n) is 3.26. The van der Waals surface area contributed by atoms with E-state index in [0.29, 0.717) is 0 Å². The van der Waals surface area contributed by atoms with Gasteiger partial charge in [0.1, 0.15) is 0 Å². The highest BCUT2D eigenvalue weighted by Crippen LogP contribution is 2.57. The molecular formula is C16H25NO7P2. The summed E-state index contributed by atoms with van der Waals surface area (Å²) in [6, 6.07) is 9.88. The highest BCUT2D eigenvalue weighted by Gasteiger charge is 2.31. The molecule has 1 atom stereocenters. The van der Waals surface area contributed by atoms with Crippen molar-refractivity contribution in [3.63, 3.8) is 0 Å². The van der Waals surface area contributed by atoms with E-state index in [1.807, 2.05) is 44.2 Å². The zero-order valence-electron chi connectivity index (χ0n) is 14.7. The van der Waals surface area contributed by atoms with Crippen LogP contribution in [0.2, 0.25) is 0 Å². The molecule has 1 unspecified atom stereocenters. The van der Waals surface area contributed by atoms with Gasteiger partial charge >= 0.3 is 15.6 Å². The Hall–Kier alpha value is -1.24. The lowest BCUT2D eigenvalue weighted by Gasteiger charge is -2.11. The molecule has 0 fully saturated rings. The minimum Gasteiger partial charge on any atom is -0.381 e. The number of phosphoric acid groups is 2. The minimum atomic E-state index is -5.08. The number of para-hydroxylation sites is 1. The molecule has 0 aromatic heterocycles. The van der Waals surface area contributed by atoms with Gasteiger partial charge in [0.2, 0.25) is 0 Å². The summed E-state index contributed by atoms with van der Waals surface area (Å²) in [6.45, 7) is 4.32. The van der Waals surface area contributed by atoms with Crippen LogP contribution in [0.3, 0.4) is 0 Å². The fourth-order valence-corrected chi connectivity index (χ4v) is 3.48. The zero-order chi connectivity index (χ0) is 19.6. The van der Waals surface area contributed by atoms with Crippen LogP contribution in [-0.2, 0) is 18.0 Å². The fourth-order valence-electron chi connectivity index (χ4n) is 1.95. The SMILES string of the molecule is C/C(=C\COP(=O)(O)OP(=O)(O)O)CC/C=C(\C)CNc1ccccc1. The van der Waals surface area contributed by atoms with E-state index >= 15 is 0 Å².